The van der Waals surface area contributed by atoms with Crippen LogP contribution in [-0.4, -0.2) is 35.3 Å². The summed E-state index contributed by atoms with van der Waals surface area (Å²) in [6.45, 7) is 7.30. The van der Waals surface area contributed by atoms with E-state index >= 15 is 0 Å². The summed E-state index contributed by atoms with van der Waals surface area (Å²) < 4.78 is 12.5. The van der Waals surface area contributed by atoms with Gasteiger partial charge in [-0.3, -0.25) is 14.4 Å². The van der Waals surface area contributed by atoms with Crippen LogP contribution in [0.1, 0.15) is 78.6 Å². The highest BCUT2D eigenvalue weighted by molar-refractivity contribution is 6.09. The molecule has 0 aromatic carbocycles. The van der Waals surface area contributed by atoms with Gasteiger partial charge in [-0.25, -0.2) is 0 Å². The summed E-state index contributed by atoms with van der Waals surface area (Å²) in [5.41, 5.74) is -1.61. The quantitative estimate of drug-likeness (QED) is 0.544. The highest BCUT2D eigenvalue weighted by Crippen LogP contribution is 2.73. The Bertz CT molecular complexity index is 923. The third-order valence-corrected chi connectivity index (χ3v) is 11.0. The summed E-state index contributed by atoms with van der Waals surface area (Å²) in [7, 11) is 0. The van der Waals surface area contributed by atoms with Crippen LogP contribution in [0.2, 0.25) is 0 Å². The number of carbonyl (C=O) groups excluding carboxylic acids is 3. The molecule has 5 heteroatoms. The second-order valence-electron chi connectivity index (χ2n) is 12.3. The topological polar surface area (TPSA) is 69.7 Å². The van der Waals surface area contributed by atoms with E-state index in [0.717, 1.165) is 44.9 Å². The zero-order valence-corrected chi connectivity index (χ0v) is 19.0. The van der Waals surface area contributed by atoms with Crippen LogP contribution in [0.5, 0.6) is 0 Å². The Balaban J connectivity index is 1.41. The summed E-state index contributed by atoms with van der Waals surface area (Å²) >= 11 is 0. The lowest BCUT2D eigenvalue weighted by molar-refractivity contribution is -0.252. The van der Waals surface area contributed by atoms with E-state index in [9.17, 15) is 14.4 Å². The highest BCUT2D eigenvalue weighted by atomic mass is 16.5. The lowest BCUT2D eigenvalue weighted by atomic mass is 9.37. The molecule has 2 bridgehead atoms. The van der Waals surface area contributed by atoms with E-state index in [1.165, 1.54) is 12.2 Å². The first-order chi connectivity index (χ1) is 14.6. The molecular weight excluding hydrogens is 392 g/mol. The predicted octanol–water partition coefficient (Wildman–Crippen LogP) is 4.18. The van der Waals surface area contributed by atoms with Crippen LogP contribution in [0.3, 0.4) is 0 Å². The van der Waals surface area contributed by atoms with Gasteiger partial charge in [0.2, 0.25) is 0 Å². The van der Waals surface area contributed by atoms with Crippen LogP contribution in [0.4, 0.5) is 0 Å². The third-order valence-electron chi connectivity index (χ3n) is 11.0. The smallest absolute Gasteiger partial charge is 0.312 e. The van der Waals surface area contributed by atoms with Gasteiger partial charge in [0.25, 0.3) is 0 Å². The molecule has 168 valence electrons. The van der Waals surface area contributed by atoms with E-state index < -0.39 is 5.60 Å². The first-order valence-electron chi connectivity index (χ1n) is 12.2. The van der Waals surface area contributed by atoms with Crippen molar-refractivity contribution in [3.05, 3.63) is 12.2 Å². The first-order valence-corrected chi connectivity index (χ1v) is 12.2. The number of rotatable bonds is 0. The van der Waals surface area contributed by atoms with Gasteiger partial charge >= 0.3 is 5.97 Å². The molecule has 2 heterocycles. The Labute approximate surface area is 184 Å². The molecule has 2 saturated heterocycles. The van der Waals surface area contributed by atoms with E-state index in [0.29, 0.717) is 24.9 Å². The molecule has 3 saturated carbocycles. The average molecular weight is 427 g/mol. The number of allylic oxidation sites excluding steroid dienone is 1. The fourth-order valence-corrected chi connectivity index (χ4v) is 9.69. The van der Waals surface area contributed by atoms with Gasteiger partial charge in [-0.15, -0.1) is 0 Å². The van der Waals surface area contributed by atoms with E-state index in [2.05, 4.69) is 20.8 Å². The second-order valence-corrected chi connectivity index (χ2v) is 12.3. The molecule has 0 unspecified atom stereocenters. The van der Waals surface area contributed by atoms with Gasteiger partial charge in [-0.2, -0.15) is 0 Å². The Kier molecular flexibility index (Phi) is 3.83. The second kappa shape index (κ2) is 5.89. The standard InChI is InChI=1S/C26H34O5/c1-22-11-7-18-23(2)9-4-10-25(18,15-30-21(23)29)17(22)8-12-24(3)19(22)14-26(31-24)13-16(27)5-6-20(26)28/h5-6,17-19H,4,7-15H2,1-3H3/t17-,18-,19-,22+,23-,24-,25-,26-/m0/s1. The molecule has 0 aromatic heterocycles. The zero-order valence-electron chi connectivity index (χ0n) is 19.0. The fourth-order valence-electron chi connectivity index (χ4n) is 9.69. The SMILES string of the molecule is C[C@@]12CC[C@@H]3[C@]4(CCC[C@]3(C)C(=O)OC4)[C@H]1CC[C@]1(C)O[C@@]3(CC(=O)C=CC3=O)C[C@@H]21. The highest BCUT2D eigenvalue weighted by Gasteiger charge is 2.73. The number of fused-ring (bicyclic) bond motifs is 3. The number of carbonyl (C=O) groups is 3. The van der Waals surface area contributed by atoms with Crippen LogP contribution in [0.15, 0.2) is 12.2 Å². The maximum atomic E-state index is 13.0. The largest absolute Gasteiger partial charge is 0.465 e. The van der Waals surface area contributed by atoms with Crippen molar-refractivity contribution in [2.24, 2.45) is 34.0 Å². The van der Waals surface area contributed by atoms with Crippen LogP contribution in [0, 0.1) is 34.0 Å². The van der Waals surface area contributed by atoms with Gasteiger partial charge in [-0.1, -0.05) is 13.3 Å². The molecule has 0 radical (unpaired) electrons. The predicted molar refractivity (Wildman–Crippen MR) is 113 cm³/mol. The van der Waals surface area contributed by atoms with Crippen molar-refractivity contribution >= 4 is 17.5 Å². The molecule has 4 aliphatic carbocycles. The lowest BCUT2D eigenvalue weighted by Crippen LogP contribution is -2.67. The number of hydrogen-bond acceptors (Lipinski definition) is 5. The number of esters is 1. The van der Waals surface area contributed by atoms with Crippen LogP contribution in [0.25, 0.3) is 0 Å². The van der Waals surface area contributed by atoms with Gasteiger partial charge in [0, 0.05) is 11.8 Å². The van der Waals surface area contributed by atoms with Crippen LogP contribution in [-0.2, 0) is 23.9 Å². The van der Waals surface area contributed by atoms with Crippen molar-refractivity contribution in [3.8, 4) is 0 Å². The Morgan fingerprint density at radius 3 is 2.48 bits per heavy atom. The van der Waals surface area contributed by atoms with E-state index in [1.807, 2.05) is 0 Å². The van der Waals surface area contributed by atoms with Crippen LogP contribution >= 0.6 is 0 Å². The van der Waals surface area contributed by atoms with Crippen molar-refractivity contribution in [1.29, 1.82) is 0 Å². The van der Waals surface area contributed by atoms with E-state index in [1.54, 1.807) is 0 Å². The minimum absolute atomic E-state index is 0.00640. The van der Waals surface area contributed by atoms with Gasteiger partial charge in [0.15, 0.2) is 11.6 Å². The Morgan fingerprint density at radius 2 is 1.68 bits per heavy atom. The van der Waals surface area contributed by atoms with E-state index in [-0.39, 0.29) is 51.7 Å². The number of cyclic esters (lactones) is 1. The summed E-state index contributed by atoms with van der Waals surface area (Å²) in [4.78, 5) is 38.0. The molecule has 8 atom stereocenters. The normalized spacial score (nSPS) is 55.5. The zero-order chi connectivity index (χ0) is 21.9. The number of ketones is 2. The molecule has 5 nitrogen and oxygen atoms in total. The number of hydrogen-bond donors (Lipinski definition) is 0. The first kappa shape index (κ1) is 20.1. The lowest BCUT2D eigenvalue weighted by Gasteiger charge is -2.68. The van der Waals surface area contributed by atoms with Crippen molar-refractivity contribution in [1.82, 2.24) is 0 Å². The molecule has 0 amide bonds. The summed E-state index contributed by atoms with van der Waals surface area (Å²) in [5, 5.41) is 0. The minimum Gasteiger partial charge on any atom is -0.465 e. The molecule has 1 spiro atoms. The van der Waals surface area contributed by atoms with Crippen molar-refractivity contribution in [3.63, 3.8) is 0 Å². The van der Waals surface area contributed by atoms with Crippen molar-refractivity contribution in [2.45, 2.75) is 89.8 Å². The molecule has 5 fully saturated rings. The molecule has 31 heavy (non-hydrogen) atoms. The van der Waals surface area contributed by atoms with Gasteiger partial charge < -0.3 is 9.47 Å². The van der Waals surface area contributed by atoms with Gasteiger partial charge in [0.1, 0.15) is 5.60 Å². The summed E-state index contributed by atoms with van der Waals surface area (Å²) in [6.07, 6.45) is 10.9. The van der Waals surface area contributed by atoms with Crippen molar-refractivity contribution < 1.29 is 23.9 Å². The molecular formula is C26H34O5. The Hall–Kier alpha value is -1.49. The molecule has 2 aliphatic heterocycles. The Morgan fingerprint density at radius 1 is 0.903 bits per heavy atom. The van der Waals surface area contributed by atoms with E-state index in [4.69, 9.17) is 9.47 Å². The van der Waals surface area contributed by atoms with Gasteiger partial charge in [0.05, 0.1) is 17.6 Å². The number of ether oxygens (including phenoxy) is 2. The van der Waals surface area contributed by atoms with Gasteiger partial charge in [-0.05, 0) is 94.1 Å². The maximum Gasteiger partial charge on any atom is 0.312 e. The summed E-state index contributed by atoms with van der Waals surface area (Å²) in [6, 6.07) is 0. The average Bonchev–Trinajstić information content (AvgIpc) is 3.02. The maximum absolute atomic E-state index is 13.0. The monoisotopic (exact) mass is 426 g/mol. The molecule has 6 aliphatic rings. The molecule has 0 aromatic rings. The minimum atomic E-state index is -0.974. The van der Waals surface area contributed by atoms with Crippen molar-refractivity contribution in [2.75, 3.05) is 6.61 Å². The molecule has 0 N–H and O–H groups in total. The fraction of sp³-hybridized carbons (Fsp3) is 0.808. The molecule has 6 rings (SSSR count). The van der Waals surface area contributed by atoms with Crippen LogP contribution < -0.4 is 0 Å². The third kappa shape index (κ3) is 2.29. The summed E-state index contributed by atoms with van der Waals surface area (Å²) in [5.74, 6) is 1.07.